The molecule has 0 spiro atoms. The van der Waals surface area contributed by atoms with E-state index in [0.29, 0.717) is 12.0 Å². The summed E-state index contributed by atoms with van der Waals surface area (Å²) in [5, 5.41) is 0. The molecule has 1 saturated heterocycles. The molecule has 3 nitrogen and oxygen atoms in total. The van der Waals surface area contributed by atoms with Crippen molar-refractivity contribution in [1.82, 2.24) is 4.90 Å². The van der Waals surface area contributed by atoms with Crippen LogP contribution < -0.4 is 5.73 Å². The largest absolute Gasteiger partial charge is 0.336 e. The number of amides is 1. The highest BCUT2D eigenvalue weighted by Gasteiger charge is 2.36. The van der Waals surface area contributed by atoms with Crippen LogP contribution in [-0.2, 0) is 4.79 Å². The molecule has 1 rings (SSSR count). The van der Waals surface area contributed by atoms with Gasteiger partial charge in [0, 0.05) is 12.6 Å². The fraction of sp³-hybridized carbons (Fsp3) is 0.889. The highest BCUT2D eigenvalue weighted by atomic mass is 16.2. The minimum atomic E-state index is -0.223. The maximum atomic E-state index is 11.2. The lowest BCUT2D eigenvalue weighted by molar-refractivity contribution is -0.145. The Labute approximate surface area is 73.9 Å². The summed E-state index contributed by atoms with van der Waals surface area (Å²) in [7, 11) is 0. The summed E-state index contributed by atoms with van der Waals surface area (Å²) < 4.78 is 0. The van der Waals surface area contributed by atoms with Crippen molar-refractivity contribution >= 4 is 5.91 Å². The summed E-state index contributed by atoms with van der Waals surface area (Å²) in [6.45, 7) is 7.16. The van der Waals surface area contributed by atoms with Gasteiger partial charge in [-0.1, -0.05) is 13.8 Å². The highest BCUT2D eigenvalue weighted by Crippen LogP contribution is 2.17. The third-order valence-corrected chi connectivity index (χ3v) is 2.34. The number of hydrogen-bond acceptors (Lipinski definition) is 2. The number of nitrogens with zero attached hydrogens (tertiary/aromatic N) is 1. The average molecular weight is 170 g/mol. The molecule has 0 saturated carbocycles. The number of carbonyl (C=O) groups excluding carboxylic acids is 1. The summed E-state index contributed by atoms with van der Waals surface area (Å²) >= 11 is 0. The van der Waals surface area contributed by atoms with Crippen molar-refractivity contribution in [2.24, 2.45) is 11.7 Å². The second-order valence-corrected chi connectivity index (χ2v) is 4.08. The molecular formula is C9H18N2O. The zero-order chi connectivity index (χ0) is 9.30. The van der Waals surface area contributed by atoms with Crippen LogP contribution in [0.1, 0.15) is 27.2 Å². The van der Waals surface area contributed by atoms with Gasteiger partial charge in [0.1, 0.15) is 6.04 Å². The van der Waals surface area contributed by atoms with Crippen LogP contribution in [0, 0.1) is 5.92 Å². The lowest BCUT2D eigenvalue weighted by atomic mass is 9.99. The molecule has 0 bridgehead atoms. The van der Waals surface area contributed by atoms with Crippen LogP contribution in [0.5, 0.6) is 0 Å². The predicted molar refractivity (Wildman–Crippen MR) is 48.6 cm³/mol. The monoisotopic (exact) mass is 170 g/mol. The number of nitrogens with two attached hydrogens (primary N) is 1. The van der Waals surface area contributed by atoms with Gasteiger partial charge in [0.05, 0.1) is 0 Å². The molecule has 1 aliphatic heterocycles. The number of β-lactam (4-membered cyclic amide) rings is 1. The number of carbonyl (C=O) groups is 1. The SMILES string of the molecule is CC(C)CC(C)N1CC(N)C1=O. The van der Waals surface area contributed by atoms with Crippen molar-refractivity contribution in [1.29, 1.82) is 0 Å². The molecule has 1 aliphatic rings. The zero-order valence-electron chi connectivity index (χ0n) is 8.08. The van der Waals surface area contributed by atoms with Gasteiger partial charge in [-0.2, -0.15) is 0 Å². The first-order chi connectivity index (χ1) is 5.52. The Hall–Kier alpha value is -0.570. The molecule has 0 aliphatic carbocycles. The van der Waals surface area contributed by atoms with Gasteiger partial charge in [0.25, 0.3) is 0 Å². The molecular weight excluding hydrogens is 152 g/mol. The first-order valence-electron chi connectivity index (χ1n) is 4.58. The Morgan fingerprint density at radius 1 is 1.58 bits per heavy atom. The van der Waals surface area contributed by atoms with Gasteiger partial charge in [0.15, 0.2) is 0 Å². The van der Waals surface area contributed by atoms with Crippen molar-refractivity contribution in [3.63, 3.8) is 0 Å². The van der Waals surface area contributed by atoms with Crippen molar-refractivity contribution in [3.8, 4) is 0 Å². The molecule has 2 unspecified atom stereocenters. The number of likely N-dealkylation sites (tertiary alicyclic amines) is 1. The van der Waals surface area contributed by atoms with Crippen LogP contribution in [0.3, 0.4) is 0 Å². The van der Waals surface area contributed by atoms with Crippen LogP contribution in [0.15, 0.2) is 0 Å². The Kier molecular flexibility index (Phi) is 2.73. The van der Waals surface area contributed by atoms with Gasteiger partial charge in [0.2, 0.25) is 5.91 Å². The van der Waals surface area contributed by atoms with E-state index < -0.39 is 0 Å². The van der Waals surface area contributed by atoms with Crippen molar-refractivity contribution in [2.45, 2.75) is 39.3 Å². The van der Waals surface area contributed by atoms with Crippen molar-refractivity contribution < 1.29 is 4.79 Å². The average Bonchev–Trinajstić information content (AvgIpc) is 1.97. The zero-order valence-corrected chi connectivity index (χ0v) is 8.08. The maximum absolute atomic E-state index is 11.2. The van der Waals surface area contributed by atoms with Gasteiger partial charge in [-0.15, -0.1) is 0 Å². The molecule has 1 heterocycles. The van der Waals surface area contributed by atoms with Gasteiger partial charge in [-0.3, -0.25) is 4.79 Å². The molecule has 12 heavy (non-hydrogen) atoms. The Bertz CT molecular complexity index is 179. The summed E-state index contributed by atoms with van der Waals surface area (Å²) in [6.07, 6.45) is 1.07. The number of rotatable bonds is 3. The Balaban J connectivity index is 2.35. The van der Waals surface area contributed by atoms with E-state index in [1.54, 1.807) is 0 Å². The molecule has 0 radical (unpaired) electrons. The van der Waals surface area contributed by atoms with Gasteiger partial charge >= 0.3 is 0 Å². The third-order valence-electron chi connectivity index (χ3n) is 2.34. The molecule has 0 aromatic heterocycles. The highest BCUT2D eigenvalue weighted by molar-refractivity contribution is 5.87. The maximum Gasteiger partial charge on any atom is 0.241 e. The van der Waals surface area contributed by atoms with Crippen molar-refractivity contribution in [2.75, 3.05) is 6.54 Å². The van der Waals surface area contributed by atoms with Crippen molar-refractivity contribution in [3.05, 3.63) is 0 Å². The normalized spacial score (nSPS) is 25.9. The molecule has 1 fully saturated rings. The fourth-order valence-electron chi connectivity index (χ4n) is 1.69. The smallest absolute Gasteiger partial charge is 0.241 e. The van der Waals surface area contributed by atoms with E-state index >= 15 is 0 Å². The second kappa shape index (κ2) is 3.44. The molecule has 2 N–H and O–H groups in total. The standard InChI is InChI=1S/C9H18N2O/c1-6(2)4-7(3)11-5-8(10)9(11)12/h6-8H,4-5,10H2,1-3H3. The van der Waals surface area contributed by atoms with Crippen LogP contribution in [-0.4, -0.2) is 29.4 Å². The summed E-state index contributed by atoms with van der Waals surface area (Å²) in [5.74, 6) is 0.757. The van der Waals surface area contributed by atoms with E-state index in [-0.39, 0.29) is 11.9 Å². The van der Waals surface area contributed by atoms with Crippen LogP contribution >= 0.6 is 0 Å². The minimum absolute atomic E-state index is 0.114. The van der Waals surface area contributed by atoms with Crippen LogP contribution in [0.4, 0.5) is 0 Å². The van der Waals surface area contributed by atoms with Gasteiger partial charge < -0.3 is 10.6 Å². The second-order valence-electron chi connectivity index (χ2n) is 4.08. The molecule has 2 atom stereocenters. The predicted octanol–water partition coefficient (Wildman–Crippen LogP) is 0.590. The lowest BCUT2D eigenvalue weighted by Crippen LogP contribution is -2.63. The summed E-state index contributed by atoms with van der Waals surface area (Å²) in [6, 6.07) is 0.136. The van der Waals surface area contributed by atoms with E-state index in [4.69, 9.17) is 5.73 Å². The summed E-state index contributed by atoms with van der Waals surface area (Å²) in [4.78, 5) is 13.1. The van der Waals surface area contributed by atoms with E-state index in [0.717, 1.165) is 13.0 Å². The molecule has 0 aromatic rings. The quantitative estimate of drug-likeness (QED) is 0.630. The first-order valence-corrected chi connectivity index (χ1v) is 4.58. The Morgan fingerprint density at radius 3 is 2.50 bits per heavy atom. The van der Waals surface area contributed by atoms with E-state index in [9.17, 15) is 4.79 Å². The van der Waals surface area contributed by atoms with E-state index in [1.165, 1.54) is 0 Å². The minimum Gasteiger partial charge on any atom is -0.336 e. The summed E-state index contributed by atoms with van der Waals surface area (Å²) in [5.41, 5.74) is 5.49. The lowest BCUT2D eigenvalue weighted by Gasteiger charge is -2.41. The molecule has 3 heteroatoms. The third kappa shape index (κ3) is 1.78. The van der Waals surface area contributed by atoms with Crippen LogP contribution in [0.2, 0.25) is 0 Å². The molecule has 70 valence electrons. The number of hydrogen-bond donors (Lipinski definition) is 1. The van der Waals surface area contributed by atoms with Gasteiger partial charge in [-0.05, 0) is 19.3 Å². The first kappa shape index (κ1) is 9.52. The fourth-order valence-corrected chi connectivity index (χ4v) is 1.69. The molecule has 1 amide bonds. The van der Waals surface area contributed by atoms with Crippen LogP contribution in [0.25, 0.3) is 0 Å². The van der Waals surface area contributed by atoms with Gasteiger partial charge in [-0.25, -0.2) is 0 Å². The van der Waals surface area contributed by atoms with E-state index in [2.05, 4.69) is 20.8 Å². The Morgan fingerprint density at radius 2 is 2.17 bits per heavy atom. The topological polar surface area (TPSA) is 46.3 Å². The molecule has 0 aromatic carbocycles. The van der Waals surface area contributed by atoms with E-state index in [1.807, 2.05) is 4.90 Å².